The quantitative estimate of drug-likeness (QED) is 0.787. The minimum Gasteiger partial charge on any atom is -0.389 e. The Morgan fingerprint density at radius 2 is 1.50 bits per heavy atom. The number of hydrogen-bond donors (Lipinski definition) is 2. The van der Waals surface area contributed by atoms with Crippen LogP contribution in [0.3, 0.4) is 0 Å². The van der Waals surface area contributed by atoms with Gasteiger partial charge in [0.25, 0.3) is 0 Å². The van der Waals surface area contributed by atoms with Crippen LogP contribution in [0.5, 0.6) is 0 Å². The zero-order valence-electron chi connectivity index (χ0n) is 12.7. The van der Waals surface area contributed by atoms with Gasteiger partial charge in [-0.3, -0.25) is 0 Å². The average molecular weight is 297 g/mol. The summed E-state index contributed by atoms with van der Waals surface area (Å²) in [5.74, 6) is 0. The molecule has 1 unspecified atom stereocenters. The van der Waals surface area contributed by atoms with Gasteiger partial charge in [0.05, 0.1) is 12.7 Å². The lowest BCUT2D eigenvalue weighted by atomic mass is 10.0. The molecule has 1 aliphatic carbocycles. The second-order valence-electron chi connectivity index (χ2n) is 5.87. The maximum atomic E-state index is 10.1. The summed E-state index contributed by atoms with van der Waals surface area (Å²) in [6, 6.07) is 20.9. The highest BCUT2D eigenvalue weighted by molar-refractivity contribution is 5.29. The summed E-state index contributed by atoms with van der Waals surface area (Å²) in [7, 11) is 0. The highest BCUT2D eigenvalue weighted by atomic mass is 16.5. The van der Waals surface area contributed by atoms with Gasteiger partial charge < -0.3 is 15.2 Å². The SMILES string of the molecule is OC(CNC1CC1)COC(c1ccccc1)c1ccccc1. The molecular formula is C19H23NO2. The Balaban J connectivity index is 1.63. The third kappa shape index (κ3) is 4.41. The maximum absolute atomic E-state index is 10.1. The van der Waals surface area contributed by atoms with Crippen LogP contribution >= 0.6 is 0 Å². The Morgan fingerprint density at radius 1 is 0.955 bits per heavy atom. The predicted octanol–water partition coefficient (Wildman–Crippen LogP) is 2.91. The summed E-state index contributed by atoms with van der Waals surface area (Å²) < 4.78 is 6.04. The van der Waals surface area contributed by atoms with Gasteiger partial charge in [0, 0.05) is 12.6 Å². The molecule has 0 saturated heterocycles. The Morgan fingerprint density at radius 3 is 2.00 bits per heavy atom. The van der Waals surface area contributed by atoms with Crippen molar-refractivity contribution in [3.05, 3.63) is 71.8 Å². The van der Waals surface area contributed by atoms with E-state index < -0.39 is 6.10 Å². The molecule has 1 saturated carbocycles. The molecule has 0 spiro atoms. The van der Waals surface area contributed by atoms with Crippen LogP contribution in [0.15, 0.2) is 60.7 Å². The molecule has 22 heavy (non-hydrogen) atoms. The summed E-state index contributed by atoms with van der Waals surface area (Å²) in [6.45, 7) is 0.926. The largest absolute Gasteiger partial charge is 0.389 e. The van der Waals surface area contributed by atoms with Crippen LogP contribution in [0.2, 0.25) is 0 Å². The molecule has 3 nitrogen and oxygen atoms in total. The first-order chi connectivity index (χ1) is 10.8. The Labute approximate surface area is 131 Å². The Hall–Kier alpha value is -1.68. The van der Waals surface area contributed by atoms with Crippen molar-refractivity contribution in [2.45, 2.75) is 31.1 Å². The van der Waals surface area contributed by atoms with Gasteiger partial charge in [-0.1, -0.05) is 60.7 Å². The number of aliphatic hydroxyl groups excluding tert-OH is 1. The molecule has 0 aromatic heterocycles. The third-order valence-corrected chi connectivity index (χ3v) is 3.88. The van der Waals surface area contributed by atoms with Gasteiger partial charge in [-0.15, -0.1) is 0 Å². The Bertz CT molecular complexity index is 515. The third-order valence-electron chi connectivity index (χ3n) is 3.88. The summed E-state index contributed by atoms with van der Waals surface area (Å²) in [6.07, 6.45) is 1.84. The summed E-state index contributed by atoms with van der Waals surface area (Å²) in [5, 5.41) is 13.4. The molecule has 1 fully saturated rings. The van der Waals surface area contributed by atoms with Gasteiger partial charge in [0.15, 0.2) is 0 Å². The van der Waals surface area contributed by atoms with E-state index in [0.717, 1.165) is 11.1 Å². The van der Waals surface area contributed by atoms with Crippen LogP contribution in [-0.4, -0.2) is 30.4 Å². The predicted molar refractivity (Wildman–Crippen MR) is 87.7 cm³/mol. The number of aliphatic hydroxyl groups is 1. The van der Waals surface area contributed by atoms with E-state index in [0.29, 0.717) is 19.2 Å². The first kappa shape index (κ1) is 15.2. The number of benzene rings is 2. The van der Waals surface area contributed by atoms with Crippen LogP contribution in [0.25, 0.3) is 0 Å². The minimum atomic E-state index is -0.476. The topological polar surface area (TPSA) is 41.5 Å². The fraction of sp³-hybridized carbons (Fsp3) is 0.368. The first-order valence-corrected chi connectivity index (χ1v) is 7.96. The molecule has 0 amide bonds. The molecule has 2 aromatic carbocycles. The van der Waals surface area contributed by atoms with Crippen molar-refractivity contribution < 1.29 is 9.84 Å². The monoisotopic (exact) mass is 297 g/mol. The van der Waals surface area contributed by atoms with Crippen molar-refractivity contribution >= 4 is 0 Å². The zero-order chi connectivity index (χ0) is 15.2. The van der Waals surface area contributed by atoms with E-state index in [2.05, 4.69) is 29.6 Å². The summed E-state index contributed by atoms with van der Waals surface area (Å²) >= 11 is 0. The van der Waals surface area contributed by atoms with E-state index in [-0.39, 0.29) is 6.10 Å². The van der Waals surface area contributed by atoms with Gasteiger partial charge in [-0.25, -0.2) is 0 Å². The summed E-state index contributed by atoms with van der Waals surface area (Å²) in [4.78, 5) is 0. The highest BCUT2D eigenvalue weighted by Crippen LogP contribution is 2.26. The standard InChI is InChI=1S/C19H23NO2/c21-18(13-20-17-11-12-17)14-22-19(15-7-3-1-4-8-15)16-9-5-2-6-10-16/h1-10,17-21H,11-14H2. The van der Waals surface area contributed by atoms with Crippen molar-refractivity contribution in [3.63, 3.8) is 0 Å². The van der Waals surface area contributed by atoms with E-state index in [1.807, 2.05) is 36.4 Å². The van der Waals surface area contributed by atoms with Crippen molar-refractivity contribution in [1.29, 1.82) is 0 Å². The van der Waals surface area contributed by atoms with Crippen LogP contribution in [0.1, 0.15) is 30.1 Å². The van der Waals surface area contributed by atoms with Gasteiger partial charge in [-0.05, 0) is 24.0 Å². The average Bonchev–Trinajstić information content (AvgIpc) is 3.39. The van der Waals surface area contributed by atoms with E-state index in [4.69, 9.17) is 4.74 Å². The number of hydrogen-bond acceptors (Lipinski definition) is 3. The van der Waals surface area contributed by atoms with Crippen LogP contribution in [0.4, 0.5) is 0 Å². The second-order valence-corrected chi connectivity index (χ2v) is 5.87. The van der Waals surface area contributed by atoms with Crippen molar-refractivity contribution in [2.75, 3.05) is 13.2 Å². The van der Waals surface area contributed by atoms with Gasteiger partial charge >= 0.3 is 0 Å². The molecule has 0 radical (unpaired) electrons. The Kier molecular flexibility index (Phi) is 5.22. The molecule has 2 N–H and O–H groups in total. The molecule has 2 aromatic rings. The normalized spacial score (nSPS) is 15.9. The molecule has 3 heteroatoms. The van der Waals surface area contributed by atoms with E-state index in [1.54, 1.807) is 0 Å². The molecular weight excluding hydrogens is 274 g/mol. The van der Waals surface area contributed by atoms with E-state index >= 15 is 0 Å². The van der Waals surface area contributed by atoms with E-state index in [9.17, 15) is 5.11 Å². The maximum Gasteiger partial charge on any atom is 0.108 e. The smallest absolute Gasteiger partial charge is 0.108 e. The van der Waals surface area contributed by atoms with Crippen molar-refractivity contribution in [1.82, 2.24) is 5.32 Å². The summed E-state index contributed by atoms with van der Waals surface area (Å²) in [5.41, 5.74) is 2.21. The van der Waals surface area contributed by atoms with Gasteiger partial charge in [-0.2, -0.15) is 0 Å². The lowest BCUT2D eigenvalue weighted by Gasteiger charge is -2.21. The molecule has 0 aliphatic heterocycles. The van der Waals surface area contributed by atoms with Crippen molar-refractivity contribution in [2.24, 2.45) is 0 Å². The molecule has 3 rings (SSSR count). The molecule has 1 aliphatic rings. The highest BCUT2D eigenvalue weighted by Gasteiger charge is 2.22. The van der Waals surface area contributed by atoms with Crippen LogP contribution < -0.4 is 5.32 Å². The van der Waals surface area contributed by atoms with Gasteiger partial charge in [0.2, 0.25) is 0 Å². The molecule has 0 bridgehead atoms. The number of ether oxygens (including phenoxy) is 1. The lowest BCUT2D eigenvalue weighted by Crippen LogP contribution is -2.32. The fourth-order valence-electron chi connectivity index (χ4n) is 2.50. The fourth-order valence-corrected chi connectivity index (χ4v) is 2.50. The molecule has 1 atom stereocenters. The second kappa shape index (κ2) is 7.54. The number of nitrogens with one attached hydrogen (secondary N) is 1. The molecule has 0 heterocycles. The number of rotatable bonds is 8. The minimum absolute atomic E-state index is 0.141. The van der Waals surface area contributed by atoms with E-state index in [1.165, 1.54) is 12.8 Å². The van der Waals surface area contributed by atoms with Crippen LogP contribution in [0, 0.1) is 0 Å². The first-order valence-electron chi connectivity index (χ1n) is 7.96. The van der Waals surface area contributed by atoms with Crippen LogP contribution in [-0.2, 0) is 4.74 Å². The lowest BCUT2D eigenvalue weighted by molar-refractivity contribution is 0.00648. The van der Waals surface area contributed by atoms with Crippen molar-refractivity contribution in [3.8, 4) is 0 Å². The zero-order valence-corrected chi connectivity index (χ0v) is 12.7. The molecule has 116 valence electrons. The van der Waals surface area contributed by atoms with Gasteiger partial charge in [0.1, 0.15) is 6.10 Å².